The van der Waals surface area contributed by atoms with Crippen molar-refractivity contribution in [2.24, 2.45) is 0 Å². The predicted octanol–water partition coefficient (Wildman–Crippen LogP) is 2.71. The van der Waals surface area contributed by atoms with Crippen LogP contribution in [0.4, 0.5) is 0 Å². The average molecular weight is 184 g/mol. The van der Waals surface area contributed by atoms with Gasteiger partial charge in [0.05, 0.1) is 5.69 Å². The second-order valence-electron chi connectivity index (χ2n) is 3.11. The molecule has 70 valence electrons. The minimum absolute atomic E-state index is 0.947. The summed E-state index contributed by atoms with van der Waals surface area (Å²) in [4.78, 5) is 8.42. The van der Waals surface area contributed by atoms with Crippen LogP contribution in [0.5, 0.6) is 0 Å². The van der Waals surface area contributed by atoms with Gasteiger partial charge in [-0.15, -0.1) is 0 Å². The van der Waals surface area contributed by atoms with Crippen LogP contribution in [-0.4, -0.2) is 9.97 Å². The van der Waals surface area contributed by atoms with Gasteiger partial charge in [-0.05, 0) is 12.5 Å². The first-order valence-corrected chi connectivity index (χ1v) is 4.76. The highest BCUT2D eigenvalue weighted by atomic mass is 14.8. The van der Waals surface area contributed by atoms with Gasteiger partial charge in [-0.3, -0.25) is 0 Å². The molecule has 0 unspecified atom stereocenters. The quantitative estimate of drug-likeness (QED) is 0.717. The standard InChI is InChI=1S/C12H12N2/c1-2-11-8-12(14-9-13-11)10-6-4-3-5-7-10/h3-9H,2H2,1H3. The Balaban J connectivity index is 2.42. The van der Waals surface area contributed by atoms with E-state index in [0.29, 0.717) is 0 Å². The minimum Gasteiger partial charge on any atom is -0.241 e. The first kappa shape index (κ1) is 8.88. The number of nitrogens with zero attached hydrogens (tertiary/aromatic N) is 2. The normalized spacial score (nSPS) is 10.1. The Hall–Kier alpha value is -1.70. The molecule has 0 fully saturated rings. The molecule has 0 amide bonds. The van der Waals surface area contributed by atoms with Gasteiger partial charge in [0, 0.05) is 11.3 Å². The largest absolute Gasteiger partial charge is 0.241 e. The Morgan fingerprint density at radius 2 is 1.86 bits per heavy atom. The van der Waals surface area contributed by atoms with Gasteiger partial charge in [0.2, 0.25) is 0 Å². The molecule has 0 N–H and O–H groups in total. The van der Waals surface area contributed by atoms with E-state index < -0.39 is 0 Å². The van der Waals surface area contributed by atoms with Crippen molar-refractivity contribution in [3.8, 4) is 11.3 Å². The number of aryl methyl sites for hydroxylation is 1. The maximum atomic E-state index is 4.25. The third-order valence-corrected chi connectivity index (χ3v) is 2.16. The summed E-state index contributed by atoms with van der Waals surface area (Å²) in [5.74, 6) is 0. The molecule has 1 aromatic heterocycles. The molecule has 2 heteroatoms. The first-order valence-electron chi connectivity index (χ1n) is 4.76. The van der Waals surface area contributed by atoms with Crippen molar-refractivity contribution in [3.05, 3.63) is 48.4 Å². The van der Waals surface area contributed by atoms with Gasteiger partial charge in [-0.25, -0.2) is 9.97 Å². The molecule has 2 aromatic rings. The summed E-state index contributed by atoms with van der Waals surface area (Å²) in [5.41, 5.74) is 3.22. The van der Waals surface area contributed by atoms with Crippen LogP contribution in [0.15, 0.2) is 42.7 Å². The van der Waals surface area contributed by atoms with Crippen LogP contribution in [0.1, 0.15) is 12.6 Å². The number of benzene rings is 1. The van der Waals surface area contributed by atoms with Crippen molar-refractivity contribution >= 4 is 0 Å². The fourth-order valence-electron chi connectivity index (χ4n) is 1.36. The monoisotopic (exact) mass is 184 g/mol. The Bertz CT molecular complexity index is 410. The second kappa shape index (κ2) is 4.01. The molecule has 1 heterocycles. The Labute approximate surface area is 83.7 Å². The van der Waals surface area contributed by atoms with E-state index in [1.54, 1.807) is 6.33 Å². The highest BCUT2D eigenvalue weighted by molar-refractivity contribution is 5.58. The van der Waals surface area contributed by atoms with Gasteiger partial charge in [0.1, 0.15) is 6.33 Å². The maximum absolute atomic E-state index is 4.25. The first-order chi connectivity index (χ1) is 6.90. The van der Waals surface area contributed by atoms with Gasteiger partial charge in [0.25, 0.3) is 0 Å². The predicted molar refractivity (Wildman–Crippen MR) is 56.8 cm³/mol. The van der Waals surface area contributed by atoms with E-state index in [4.69, 9.17) is 0 Å². The third-order valence-electron chi connectivity index (χ3n) is 2.16. The third kappa shape index (κ3) is 1.79. The smallest absolute Gasteiger partial charge is 0.116 e. The maximum Gasteiger partial charge on any atom is 0.116 e. The SMILES string of the molecule is CCc1cc(-c2ccccc2)ncn1. The summed E-state index contributed by atoms with van der Waals surface area (Å²) in [6.07, 6.45) is 2.57. The van der Waals surface area contributed by atoms with Crippen LogP contribution >= 0.6 is 0 Å². The number of hydrogen-bond acceptors (Lipinski definition) is 2. The van der Waals surface area contributed by atoms with Gasteiger partial charge in [0.15, 0.2) is 0 Å². The molecule has 1 aromatic carbocycles. The topological polar surface area (TPSA) is 25.8 Å². The molecule has 0 aliphatic rings. The molecule has 0 bridgehead atoms. The van der Waals surface area contributed by atoms with Crippen molar-refractivity contribution in [3.63, 3.8) is 0 Å². The molecule has 0 saturated carbocycles. The van der Waals surface area contributed by atoms with Crippen LogP contribution in [0.25, 0.3) is 11.3 Å². The van der Waals surface area contributed by atoms with Crippen LogP contribution in [0, 0.1) is 0 Å². The van der Waals surface area contributed by atoms with E-state index in [1.165, 1.54) is 0 Å². The van der Waals surface area contributed by atoms with Crippen LogP contribution < -0.4 is 0 Å². The lowest BCUT2D eigenvalue weighted by molar-refractivity contribution is 1.00. The molecule has 2 rings (SSSR count). The lowest BCUT2D eigenvalue weighted by Gasteiger charge is -2.01. The van der Waals surface area contributed by atoms with Gasteiger partial charge < -0.3 is 0 Å². The zero-order valence-electron chi connectivity index (χ0n) is 8.14. The van der Waals surface area contributed by atoms with Crippen LogP contribution in [0.2, 0.25) is 0 Å². The highest BCUT2D eigenvalue weighted by Crippen LogP contribution is 2.15. The van der Waals surface area contributed by atoms with E-state index in [1.807, 2.05) is 24.3 Å². The lowest BCUT2D eigenvalue weighted by atomic mass is 10.1. The second-order valence-corrected chi connectivity index (χ2v) is 3.11. The van der Waals surface area contributed by atoms with Gasteiger partial charge in [-0.1, -0.05) is 37.3 Å². The summed E-state index contributed by atoms with van der Waals surface area (Å²) in [6.45, 7) is 2.09. The molecule has 0 aliphatic carbocycles. The summed E-state index contributed by atoms with van der Waals surface area (Å²) < 4.78 is 0. The van der Waals surface area contributed by atoms with Crippen LogP contribution in [-0.2, 0) is 6.42 Å². The fourth-order valence-corrected chi connectivity index (χ4v) is 1.36. The van der Waals surface area contributed by atoms with Crippen molar-refractivity contribution in [1.29, 1.82) is 0 Å². The summed E-state index contributed by atoms with van der Waals surface area (Å²) in [7, 11) is 0. The number of rotatable bonds is 2. The minimum atomic E-state index is 0.947. The Morgan fingerprint density at radius 1 is 1.07 bits per heavy atom. The van der Waals surface area contributed by atoms with Crippen LogP contribution in [0.3, 0.4) is 0 Å². The van der Waals surface area contributed by atoms with E-state index in [0.717, 1.165) is 23.4 Å². The van der Waals surface area contributed by atoms with Crippen molar-refractivity contribution < 1.29 is 0 Å². The molecule has 14 heavy (non-hydrogen) atoms. The number of aromatic nitrogens is 2. The van der Waals surface area contributed by atoms with Gasteiger partial charge >= 0.3 is 0 Å². The highest BCUT2D eigenvalue weighted by Gasteiger charge is 1.98. The van der Waals surface area contributed by atoms with E-state index >= 15 is 0 Å². The Morgan fingerprint density at radius 3 is 2.57 bits per heavy atom. The molecule has 0 radical (unpaired) electrons. The van der Waals surface area contributed by atoms with E-state index in [9.17, 15) is 0 Å². The lowest BCUT2D eigenvalue weighted by Crippen LogP contribution is -1.90. The molecule has 0 aliphatic heterocycles. The van der Waals surface area contributed by atoms with Crippen molar-refractivity contribution in [2.75, 3.05) is 0 Å². The van der Waals surface area contributed by atoms with Crippen molar-refractivity contribution in [2.45, 2.75) is 13.3 Å². The summed E-state index contributed by atoms with van der Waals surface area (Å²) in [6, 6.07) is 12.2. The zero-order chi connectivity index (χ0) is 9.80. The number of hydrogen-bond donors (Lipinski definition) is 0. The molecule has 0 saturated heterocycles. The van der Waals surface area contributed by atoms with E-state index in [2.05, 4.69) is 29.0 Å². The molecule has 2 nitrogen and oxygen atoms in total. The Kier molecular flexibility index (Phi) is 2.54. The molecular weight excluding hydrogens is 172 g/mol. The fraction of sp³-hybridized carbons (Fsp3) is 0.167. The van der Waals surface area contributed by atoms with Crippen molar-refractivity contribution in [1.82, 2.24) is 9.97 Å². The zero-order valence-corrected chi connectivity index (χ0v) is 8.14. The molecular formula is C12H12N2. The summed E-state index contributed by atoms with van der Waals surface area (Å²) >= 11 is 0. The van der Waals surface area contributed by atoms with Gasteiger partial charge in [-0.2, -0.15) is 0 Å². The molecule has 0 spiro atoms. The van der Waals surface area contributed by atoms with E-state index in [-0.39, 0.29) is 0 Å². The summed E-state index contributed by atoms with van der Waals surface area (Å²) in [5, 5.41) is 0. The average Bonchev–Trinajstić information content (AvgIpc) is 2.30. The molecule has 0 atom stereocenters.